The Balaban J connectivity index is 1.72. The van der Waals surface area contributed by atoms with Crippen molar-refractivity contribution in [3.63, 3.8) is 0 Å². The highest BCUT2D eigenvalue weighted by molar-refractivity contribution is 6.63. The minimum absolute atomic E-state index is 0.401. The van der Waals surface area contributed by atoms with Gasteiger partial charge in [-0.1, -0.05) is 35.9 Å². The van der Waals surface area contributed by atoms with E-state index < -0.39 is 18.3 Å². The maximum absolute atomic E-state index is 6.18. The van der Waals surface area contributed by atoms with Crippen LogP contribution in [-0.4, -0.2) is 25.4 Å². The molecule has 0 spiro atoms. The predicted molar refractivity (Wildman–Crippen MR) is 109 cm³/mol. The number of hydrogen-bond donors (Lipinski definition) is 0. The Kier molecular flexibility index (Phi) is 5.87. The van der Waals surface area contributed by atoms with E-state index in [4.69, 9.17) is 30.4 Å². The van der Waals surface area contributed by atoms with Crippen LogP contribution >= 0.6 is 11.6 Å². The molecule has 4 nitrogen and oxygen atoms in total. The molecule has 1 heterocycles. The van der Waals surface area contributed by atoms with Crippen LogP contribution in [0.1, 0.15) is 38.8 Å². The fraction of sp³-hybridized carbons (Fsp3) is 0.429. The van der Waals surface area contributed by atoms with Crippen LogP contribution in [-0.2, 0) is 27.3 Å². The summed E-state index contributed by atoms with van der Waals surface area (Å²) >= 11 is 6.02. The molecular weight excluding hydrogens is 362 g/mol. The molecular formula is C21H26BClO4. The quantitative estimate of drug-likeness (QED) is 0.689. The summed E-state index contributed by atoms with van der Waals surface area (Å²) < 4.78 is 23.7. The first-order valence-corrected chi connectivity index (χ1v) is 9.44. The summed E-state index contributed by atoms with van der Waals surface area (Å²) in [6.45, 7) is 9.13. The van der Waals surface area contributed by atoms with E-state index in [-0.39, 0.29) is 0 Å². The van der Waals surface area contributed by atoms with Crippen molar-refractivity contribution in [2.24, 2.45) is 0 Å². The smallest absolute Gasteiger partial charge is 0.497 e. The summed E-state index contributed by atoms with van der Waals surface area (Å²) in [5.41, 5.74) is 2.15. The molecule has 27 heavy (non-hydrogen) atoms. The zero-order valence-corrected chi connectivity index (χ0v) is 17.3. The molecule has 0 N–H and O–H groups in total. The summed E-state index contributed by atoms with van der Waals surface area (Å²) in [4.78, 5) is 0. The highest BCUT2D eigenvalue weighted by Gasteiger charge is 2.52. The van der Waals surface area contributed by atoms with E-state index in [9.17, 15) is 0 Å². The first-order valence-electron chi connectivity index (χ1n) is 9.06. The lowest BCUT2D eigenvalue weighted by Crippen LogP contribution is -2.41. The first-order chi connectivity index (χ1) is 12.7. The minimum Gasteiger partial charge on any atom is -0.497 e. The summed E-state index contributed by atoms with van der Waals surface area (Å²) in [5, 5.41) is 0.712. The normalized spacial score (nSPS) is 17.9. The monoisotopic (exact) mass is 388 g/mol. The molecule has 0 radical (unpaired) electrons. The first kappa shape index (κ1) is 20.2. The Hall–Kier alpha value is -1.53. The van der Waals surface area contributed by atoms with E-state index in [1.807, 2.05) is 70.2 Å². The molecule has 144 valence electrons. The summed E-state index contributed by atoms with van der Waals surface area (Å²) in [6, 6.07) is 13.6. The van der Waals surface area contributed by atoms with Gasteiger partial charge in [-0.25, -0.2) is 0 Å². The number of hydrogen-bond acceptors (Lipinski definition) is 4. The van der Waals surface area contributed by atoms with Gasteiger partial charge in [-0.05, 0) is 57.0 Å². The molecule has 6 heteroatoms. The largest absolute Gasteiger partial charge is 0.498 e. The van der Waals surface area contributed by atoms with E-state index in [1.165, 1.54) is 0 Å². The second-order valence-electron chi connectivity index (χ2n) is 7.79. The molecule has 1 aliphatic heterocycles. The number of rotatable bonds is 6. The van der Waals surface area contributed by atoms with E-state index in [0.717, 1.165) is 22.3 Å². The van der Waals surface area contributed by atoms with E-state index in [0.29, 0.717) is 18.2 Å². The molecule has 1 saturated heterocycles. The molecule has 1 aliphatic rings. The fourth-order valence-electron chi connectivity index (χ4n) is 2.94. The number of ether oxygens (including phenoxy) is 2. The fourth-order valence-corrected chi connectivity index (χ4v) is 3.15. The van der Waals surface area contributed by atoms with Gasteiger partial charge in [-0.2, -0.15) is 0 Å². The third-order valence-electron chi connectivity index (χ3n) is 5.23. The summed E-state index contributed by atoms with van der Waals surface area (Å²) in [6.07, 6.45) is 0. The molecule has 2 aromatic rings. The van der Waals surface area contributed by atoms with Crippen LogP contribution in [0.2, 0.25) is 5.02 Å². The summed E-state index contributed by atoms with van der Waals surface area (Å²) in [7, 11) is 1.18. The van der Waals surface area contributed by atoms with Gasteiger partial charge in [0, 0.05) is 10.5 Å². The highest BCUT2D eigenvalue weighted by atomic mass is 35.5. The third kappa shape index (κ3) is 4.49. The molecule has 0 amide bonds. The van der Waals surface area contributed by atoms with Gasteiger partial charge in [-0.15, -0.1) is 0 Å². The summed E-state index contributed by atoms with van der Waals surface area (Å²) in [5.74, 6) is 0.743. The Morgan fingerprint density at radius 3 is 2.15 bits per heavy atom. The van der Waals surface area contributed by atoms with Gasteiger partial charge in [0.15, 0.2) is 0 Å². The Morgan fingerprint density at radius 1 is 0.926 bits per heavy atom. The molecule has 0 unspecified atom stereocenters. The van der Waals surface area contributed by atoms with Crippen LogP contribution in [0, 0.1) is 0 Å². The van der Waals surface area contributed by atoms with Crippen molar-refractivity contribution < 1.29 is 18.8 Å². The van der Waals surface area contributed by atoms with Crippen LogP contribution in [0.4, 0.5) is 0 Å². The molecule has 0 saturated carbocycles. The number of methoxy groups -OCH3 is 1. The van der Waals surface area contributed by atoms with Crippen LogP contribution < -0.4 is 10.2 Å². The number of benzene rings is 2. The van der Waals surface area contributed by atoms with Gasteiger partial charge in [0.2, 0.25) is 0 Å². The molecule has 2 aromatic carbocycles. The van der Waals surface area contributed by atoms with Gasteiger partial charge in [0.25, 0.3) is 0 Å². The Bertz CT molecular complexity index is 791. The lowest BCUT2D eigenvalue weighted by Gasteiger charge is -2.32. The standard InChI is InChI=1S/C21H26BClO4/c1-20(2)21(3,4)27-22(26-20)18-12-16(9-10-19(18)24-5)14-25-13-15-7-6-8-17(23)11-15/h6-12H,13-14H2,1-5H3. The maximum atomic E-state index is 6.18. The molecule has 0 bridgehead atoms. The average Bonchev–Trinajstić information content (AvgIpc) is 2.82. The Labute approximate surface area is 166 Å². The van der Waals surface area contributed by atoms with Crippen molar-refractivity contribution in [3.8, 4) is 5.75 Å². The topological polar surface area (TPSA) is 36.9 Å². The SMILES string of the molecule is COc1ccc(COCc2cccc(Cl)c2)cc1B1OC(C)(C)C(C)(C)O1. The lowest BCUT2D eigenvalue weighted by atomic mass is 9.77. The van der Waals surface area contributed by atoms with Crippen molar-refractivity contribution in [1.29, 1.82) is 0 Å². The van der Waals surface area contributed by atoms with Gasteiger partial charge in [0.05, 0.1) is 31.5 Å². The molecule has 0 aliphatic carbocycles. The second-order valence-corrected chi connectivity index (χ2v) is 8.22. The molecule has 0 atom stereocenters. The van der Waals surface area contributed by atoms with Gasteiger partial charge >= 0.3 is 7.12 Å². The lowest BCUT2D eigenvalue weighted by molar-refractivity contribution is 0.00578. The molecule has 3 rings (SSSR count). The zero-order chi connectivity index (χ0) is 19.7. The van der Waals surface area contributed by atoms with Crippen LogP contribution in [0.5, 0.6) is 5.75 Å². The van der Waals surface area contributed by atoms with Gasteiger partial charge < -0.3 is 18.8 Å². The van der Waals surface area contributed by atoms with Crippen LogP contribution in [0.3, 0.4) is 0 Å². The number of halogens is 1. The van der Waals surface area contributed by atoms with E-state index in [1.54, 1.807) is 7.11 Å². The van der Waals surface area contributed by atoms with Gasteiger partial charge in [0.1, 0.15) is 5.75 Å². The second kappa shape index (κ2) is 7.84. The maximum Gasteiger partial charge on any atom is 0.498 e. The van der Waals surface area contributed by atoms with Crippen molar-refractivity contribution in [3.05, 3.63) is 58.6 Å². The predicted octanol–water partition coefficient (Wildman–Crippen LogP) is 4.36. The molecule has 0 aromatic heterocycles. The highest BCUT2D eigenvalue weighted by Crippen LogP contribution is 2.37. The third-order valence-corrected chi connectivity index (χ3v) is 5.46. The minimum atomic E-state index is -0.474. The molecule has 1 fully saturated rings. The zero-order valence-electron chi connectivity index (χ0n) is 16.5. The Morgan fingerprint density at radius 2 is 1.56 bits per heavy atom. The van der Waals surface area contributed by atoms with Crippen molar-refractivity contribution in [2.45, 2.75) is 52.1 Å². The van der Waals surface area contributed by atoms with Gasteiger partial charge in [-0.3, -0.25) is 0 Å². The van der Waals surface area contributed by atoms with E-state index >= 15 is 0 Å². The van der Waals surface area contributed by atoms with Crippen molar-refractivity contribution in [1.82, 2.24) is 0 Å². The van der Waals surface area contributed by atoms with Crippen LogP contribution in [0.25, 0.3) is 0 Å². The van der Waals surface area contributed by atoms with Crippen LogP contribution in [0.15, 0.2) is 42.5 Å². The van der Waals surface area contributed by atoms with Crippen molar-refractivity contribution in [2.75, 3.05) is 7.11 Å². The average molecular weight is 389 g/mol. The van der Waals surface area contributed by atoms with Crippen molar-refractivity contribution >= 4 is 24.2 Å². The van der Waals surface area contributed by atoms with E-state index in [2.05, 4.69) is 0 Å².